The molecule has 156 valence electrons. The third kappa shape index (κ3) is 3.47. The minimum atomic E-state index is 0.141. The summed E-state index contributed by atoms with van der Waals surface area (Å²) in [5, 5.41) is 1.30. The maximum atomic E-state index is 12.9. The van der Waals surface area contributed by atoms with E-state index >= 15 is 0 Å². The van der Waals surface area contributed by atoms with Gasteiger partial charge in [0.2, 0.25) is 0 Å². The number of rotatable bonds is 2. The largest absolute Gasteiger partial charge is 0.357 e. The van der Waals surface area contributed by atoms with E-state index < -0.39 is 0 Å². The van der Waals surface area contributed by atoms with Gasteiger partial charge >= 0.3 is 0 Å². The van der Waals surface area contributed by atoms with Crippen LogP contribution in [-0.4, -0.2) is 72.4 Å². The Morgan fingerprint density at radius 1 is 1.00 bits per heavy atom. The van der Waals surface area contributed by atoms with E-state index in [9.17, 15) is 4.79 Å². The van der Waals surface area contributed by atoms with Crippen molar-refractivity contribution >= 4 is 32.7 Å². The molecule has 1 fully saturated rings. The summed E-state index contributed by atoms with van der Waals surface area (Å²) in [5.41, 5.74) is 5.87. The number of halogens is 1. The van der Waals surface area contributed by atoms with Crippen molar-refractivity contribution in [3.8, 4) is 0 Å². The van der Waals surface area contributed by atoms with Gasteiger partial charge in [0.25, 0.3) is 5.91 Å². The summed E-state index contributed by atoms with van der Waals surface area (Å²) in [6, 6.07) is 14.9. The van der Waals surface area contributed by atoms with Gasteiger partial charge in [-0.15, -0.1) is 0 Å². The Bertz CT molecular complexity index is 1080. The number of fused-ring (bicyclic) bond motifs is 3. The smallest absolute Gasteiger partial charge is 0.253 e. The lowest BCUT2D eigenvalue weighted by Gasteiger charge is -2.34. The summed E-state index contributed by atoms with van der Waals surface area (Å²) >= 11 is 3.61. The zero-order chi connectivity index (χ0) is 20.8. The second-order valence-corrected chi connectivity index (χ2v) is 9.47. The molecule has 1 atom stereocenters. The number of nitrogens with one attached hydrogen (secondary N) is 1. The number of aromatic nitrogens is 1. The summed E-state index contributed by atoms with van der Waals surface area (Å²) in [7, 11) is 4.28. The Hall–Kier alpha value is -2.15. The van der Waals surface area contributed by atoms with E-state index in [1.165, 1.54) is 27.7 Å². The second kappa shape index (κ2) is 7.84. The van der Waals surface area contributed by atoms with Crippen LogP contribution < -0.4 is 0 Å². The van der Waals surface area contributed by atoms with Gasteiger partial charge in [-0.3, -0.25) is 9.69 Å². The van der Waals surface area contributed by atoms with E-state index in [1.54, 1.807) is 0 Å². The average Bonchev–Trinajstić information content (AvgIpc) is 3.11. The summed E-state index contributed by atoms with van der Waals surface area (Å²) < 4.78 is 1.11. The molecule has 3 heterocycles. The van der Waals surface area contributed by atoms with Crippen molar-refractivity contribution in [3.63, 3.8) is 0 Å². The van der Waals surface area contributed by atoms with Gasteiger partial charge in [-0.2, -0.15) is 0 Å². The van der Waals surface area contributed by atoms with Crippen molar-refractivity contribution < 1.29 is 4.79 Å². The number of H-pyrrole nitrogens is 1. The molecular weight excluding hydrogens is 440 g/mol. The predicted octanol–water partition coefficient (Wildman–Crippen LogP) is 3.90. The molecule has 1 aromatic heterocycles. The van der Waals surface area contributed by atoms with Crippen LogP contribution >= 0.6 is 15.9 Å². The molecule has 0 radical (unpaired) electrons. The van der Waals surface area contributed by atoms with Crippen LogP contribution in [0.5, 0.6) is 0 Å². The molecular formula is C24H27BrN4O. The van der Waals surface area contributed by atoms with Crippen LogP contribution in [0.1, 0.15) is 33.2 Å². The molecule has 0 bridgehead atoms. The fraction of sp³-hybridized carbons (Fsp3) is 0.375. The van der Waals surface area contributed by atoms with Crippen molar-refractivity contribution in [1.29, 1.82) is 0 Å². The zero-order valence-electron chi connectivity index (χ0n) is 17.5. The van der Waals surface area contributed by atoms with Gasteiger partial charge < -0.3 is 14.8 Å². The highest BCUT2D eigenvalue weighted by molar-refractivity contribution is 9.10. The molecule has 6 heteroatoms. The number of hydrogen-bond donors (Lipinski definition) is 1. The number of benzene rings is 2. The average molecular weight is 467 g/mol. The predicted molar refractivity (Wildman–Crippen MR) is 124 cm³/mol. The number of hydrogen-bond acceptors (Lipinski definition) is 3. The van der Waals surface area contributed by atoms with Crippen LogP contribution in [0.3, 0.4) is 0 Å². The van der Waals surface area contributed by atoms with E-state index in [1.807, 2.05) is 17.0 Å². The molecule has 1 amide bonds. The quantitative estimate of drug-likeness (QED) is 0.622. The first-order valence-corrected chi connectivity index (χ1v) is 11.4. The minimum absolute atomic E-state index is 0.141. The van der Waals surface area contributed by atoms with E-state index in [-0.39, 0.29) is 11.9 Å². The van der Waals surface area contributed by atoms with Crippen molar-refractivity contribution in [2.24, 2.45) is 0 Å². The first-order chi connectivity index (χ1) is 14.5. The molecule has 0 spiro atoms. The van der Waals surface area contributed by atoms with E-state index in [0.29, 0.717) is 0 Å². The molecule has 5 rings (SSSR count). The third-order valence-corrected chi connectivity index (χ3v) is 7.09. The van der Waals surface area contributed by atoms with Gasteiger partial charge in [0.15, 0.2) is 0 Å². The molecule has 1 N–H and O–H groups in total. The maximum Gasteiger partial charge on any atom is 0.253 e. The Kier molecular flexibility index (Phi) is 5.17. The van der Waals surface area contributed by atoms with Gasteiger partial charge in [0.05, 0.1) is 6.04 Å². The number of nitrogens with zero attached hydrogens (tertiary/aromatic N) is 3. The van der Waals surface area contributed by atoms with Crippen LogP contribution in [0, 0.1) is 0 Å². The Morgan fingerprint density at radius 3 is 2.47 bits per heavy atom. The molecule has 0 saturated carbocycles. The van der Waals surface area contributed by atoms with Crippen LogP contribution in [0.2, 0.25) is 0 Å². The highest BCUT2D eigenvalue weighted by atomic mass is 79.9. The SMILES string of the molecule is CN1CCN(C(=O)c2ccc(C3c4[nH]c5ccc(Br)cc5c4CCN3C)cc2)CC1. The Labute approximate surface area is 185 Å². The minimum Gasteiger partial charge on any atom is -0.357 e. The third-order valence-electron chi connectivity index (χ3n) is 6.59. The van der Waals surface area contributed by atoms with Gasteiger partial charge in [-0.25, -0.2) is 0 Å². The van der Waals surface area contributed by atoms with Crippen molar-refractivity contribution in [1.82, 2.24) is 19.7 Å². The number of carbonyl (C=O) groups excluding carboxylic acids is 1. The monoisotopic (exact) mass is 466 g/mol. The van der Waals surface area contributed by atoms with E-state index in [2.05, 4.69) is 75.1 Å². The fourth-order valence-electron chi connectivity index (χ4n) is 4.80. The number of likely N-dealkylation sites (N-methyl/N-ethyl adjacent to an activating group) is 2. The van der Waals surface area contributed by atoms with Gasteiger partial charge in [-0.05, 0) is 62.0 Å². The standard InChI is InChI=1S/C24H27BrN4O/c1-27-11-13-29(14-12-27)24(30)17-5-3-16(4-6-17)23-22-19(9-10-28(23)2)20-15-18(25)7-8-21(20)26-22/h3-8,15,23,26H,9-14H2,1-2H3. The Balaban J connectivity index is 1.45. The number of amides is 1. The van der Waals surface area contributed by atoms with Crippen LogP contribution in [0.25, 0.3) is 10.9 Å². The molecule has 1 unspecified atom stereocenters. The fourth-order valence-corrected chi connectivity index (χ4v) is 5.16. The van der Waals surface area contributed by atoms with Crippen LogP contribution in [0.4, 0.5) is 0 Å². The highest BCUT2D eigenvalue weighted by Gasteiger charge is 2.30. The lowest BCUT2D eigenvalue weighted by molar-refractivity contribution is 0.0664. The Morgan fingerprint density at radius 2 is 1.73 bits per heavy atom. The number of aromatic amines is 1. The number of piperazine rings is 1. The molecule has 2 aromatic carbocycles. The van der Waals surface area contributed by atoms with Gasteiger partial charge in [0.1, 0.15) is 0 Å². The van der Waals surface area contributed by atoms with Gasteiger partial charge in [0, 0.05) is 59.4 Å². The van der Waals surface area contributed by atoms with Crippen LogP contribution in [0.15, 0.2) is 46.9 Å². The lowest BCUT2D eigenvalue weighted by atomic mass is 9.92. The summed E-state index contributed by atoms with van der Waals surface area (Å²) in [6.45, 7) is 4.50. The highest BCUT2D eigenvalue weighted by Crippen LogP contribution is 2.38. The first-order valence-electron chi connectivity index (χ1n) is 10.6. The van der Waals surface area contributed by atoms with Crippen molar-refractivity contribution in [3.05, 3.63) is 69.3 Å². The van der Waals surface area contributed by atoms with Gasteiger partial charge in [-0.1, -0.05) is 28.1 Å². The molecule has 1 saturated heterocycles. The number of carbonyl (C=O) groups is 1. The lowest BCUT2D eigenvalue weighted by Crippen LogP contribution is -2.47. The summed E-state index contributed by atoms with van der Waals surface area (Å²) in [6.07, 6.45) is 1.04. The molecule has 3 aromatic rings. The van der Waals surface area contributed by atoms with Crippen molar-refractivity contribution in [2.75, 3.05) is 46.8 Å². The topological polar surface area (TPSA) is 42.6 Å². The zero-order valence-corrected chi connectivity index (χ0v) is 19.1. The summed E-state index contributed by atoms with van der Waals surface area (Å²) in [4.78, 5) is 23.2. The maximum absolute atomic E-state index is 12.9. The van der Waals surface area contributed by atoms with Crippen molar-refractivity contribution in [2.45, 2.75) is 12.5 Å². The second-order valence-electron chi connectivity index (χ2n) is 8.56. The van der Waals surface area contributed by atoms with E-state index in [0.717, 1.165) is 49.2 Å². The molecule has 30 heavy (non-hydrogen) atoms. The normalized spacial score (nSPS) is 20.5. The first kappa shape index (κ1) is 19.8. The molecule has 2 aliphatic rings. The van der Waals surface area contributed by atoms with Crippen LogP contribution in [-0.2, 0) is 6.42 Å². The molecule has 2 aliphatic heterocycles. The summed E-state index contributed by atoms with van der Waals surface area (Å²) in [5.74, 6) is 0.141. The molecule has 5 nitrogen and oxygen atoms in total. The van der Waals surface area contributed by atoms with E-state index in [4.69, 9.17) is 0 Å². The molecule has 0 aliphatic carbocycles.